The van der Waals surface area contributed by atoms with E-state index in [-0.39, 0.29) is 5.97 Å². The maximum atomic E-state index is 11.6. The van der Waals surface area contributed by atoms with Crippen molar-refractivity contribution in [1.29, 1.82) is 0 Å². The van der Waals surface area contributed by atoms with Gasteiger partial charge in [-0.15, -0.1) is 0 Å². The van der Waals surface area contributed by atoms with Gasteiger partial charge in [0.05, 0.1) is 12.7 Å². The third-order valence-corrected chi connectivity index (χ3v) is 4.65. The number of nitrogens with one attached hydrogen (secondary N) is 1. The first-order valence-corrected chi connectivity index (χ1v) is 8.04. The zero-order valence-corrected chi connectivity index (χ0v) is 13.3. The van der Waals surface area contributed by atoms with E-state index in [0.29, 0.717) is 11.6 Å². The van der Waals surface area contributed by atoms with Crippen LogP contribution in [0, 0.1) is 5.92 Å². The minimum absolute atomic E-state index is 0.291. The highest BCUT2D eigenvalue weighted by Gasteiger charge is 2.17. The number of anilines is 1. The third-order valence-electron chi connectivity index (χ3n) is 4.65. The molecular weight excluding hydrogens is 274 g/mol. The standard InChI is InChI=1S/C19H23NO2/c1-13-3-8-17(9-4-13)20-18-10-7-14-11-16(19(21)22-2)6-5-15(14)12-18/h5-7,10-13,17,20H,3-4,8-9H2,1-2H3/t13-,17-. The fourth-order valence-corrected chi connectivity index (χ4v) is 3.22. The van der Waals surface area contributed by atoms with E-state index in [9.17, 15) is 4.79 Å². The van der Waals surface area contributed by atoms with Crippen molar-refractivity contribution in [2.24, 2.45) is 5.92 Å². The van der Waals surface area contributed by atoms with Crippen LogP contribution in [0.2, 0.25) is 0 Å². The first kappa shape index (κ1) is 14.9. The van der Waals surface area contributed by atoms with Crippen LogP contribution in [0.3, 0.4) is 0 Å². The largest absolute Gasteiger partial charge is 0.465 e. The fraction of sp³-hybridized carbons (Fsp3) is 0.421. The molecule has 0 unspecified atom stereocenters. The molecule has 3 nitrogen and oxygen atoms in total. The van der Waals surface area contributed by atoms with Crippen molar-refractivity contribution in [1.82, 2.24) is 0 Å². The summed E-state index contributed by atoms with van der Waals surface area (Å²) in [4.78, 5) is 11.6. The van der Waals surface area contributed by atoms with Crippen molar-refractivity contribution in [2.45, 2.75) is 38.6 Å². The van der Waals surface area contributed by atoms with Crippen molar-refractivity contribution < 1.29 is 9.53 Å². The second kappa shape index (κ2) is 6.39. The Bertz CT molecular complexity index is 672. The van der Waals surface area contributed by atoms with Gasteiger partial charge in [-0.3, -0.25) is 0 Å². The van der Waals surface area contributed by atoms with E-state index >= 15 is 0 Å². The maximum Gasteiger partial charge on any atom is 0.337 e. The number of fused-ring (bicyclic) bond motifs is 1. The Morgan fingerprint density at radius 2 is 1.73 bits per heavy atom. The molecule has 1 fully saturated rings. The van der Waals surface area contributed by atoms with Crippen LogP contribution < -0.4 is 5.32 Å². The minimum atomic E-state index is -0.291. The van der Waals surface area contributed by atoms with Crippen LogP contribution in [0.1, 0.15) is 43.0 Å². The van der Waals surface area contributed by atoms with Gasteiger partial charge in [-0.05, 0) is 66.6 Å². The first-order chi connectivity index (χ1) is 10.7. The molecule has 0 bridgehead atoms. The number of ether oxygens (including phenoxy) is 1. The molecule has 0 aromatic heterocycles. The molecule has 0 saturated heterocycles. The lowest BCUT2D eigenvalue weighted by Gasteiger charge is -2.27. The molecule has 1 aliphatic rings. The number of carbonyl (C=O) groups is 1. The van der Waals surface area contributed by atoms with Crippen LogP contribution in [0.15, 0.2) is 36.4 Å². The van der Waals surface area contributed by atoms with Gasteiger partial charge in [-0.1, -0.05) is 19.1 Å². The molecule has 0 spiro atoms. The molecule has 116 valence electrons. The summed E-state index contributed by atoms with van der Waals surface area (Å²) < 4.78 is 4.77. The summed E-state index contributed by atoms with van der Waals surface area (Å²) in [5.41, 5.74) is 1.76. The minimum Gasteiger partial charge on any atom is -0.465 e. The second-order valence-corrected chi connectivity index (χ2v) is 6.37. The SMILES string of the molecule is COC(=O)c1ccc2cc(N[C@H]3CC[C@H](C)CC3)ccc2c1. The van der Waals surface area contributed by atoms with E-state index in [0.717, 1.165) is 22.4 Å². The Kier molecular flexibility index (Phi) is 4.32. The predicted octanol–water partition coefficient (Wildman–Crippen LogP) is 4.62. The molecule has 2 aromatic carbocycles. The second-order valence-electron chi connectivity index (χ2n) is 6.37. The van der Waals surface area contributed by atoms with Gasteiger partial charge in [-0.2, -0.15) is 0 Å². The molecule has 1 N–H and O–H groups in total. The Morgan fingerprint density at radius 1 is 1.05 bits per heavy atom. The fourth-order valence-electron chi connectivity index (χ4n) is 3.22. The molecule has 0 atom stereocenters. The average molecular weight is 297 g/mol. The molecule has 3 rings (SSSR count). The van der Waals surface area contributed by atoms with E-state index < -0.39 is 0 Å². The topological polar surface area (TPSA) is 38.3 Å². The highest BCUT2D eigenvalue weighted by molar-refractivity contribution is 5.96. The van der Waals surface area contributed by atoms with Crippen LogP contribution in [0.4, 0.5) is 5.69 Å². The highest BCUT2D eigenvalue weighted by Crippen LogP contribution is 2.27. The summed E-state index contributed by atoms with van der Waals surface area (Å²) in [6.45, 7) is 2.34. The Labute approximate surface area is 131 Å². The van der Waals surface area contributed by atoms with E-state index in [1.165, 1.54) is 32.8 Å². The van der Waals surface area contributed by atoms with E-state index in [4.69, 9.17) is 4.74 Å². The predicted molar refractivity (Wildman–Crippen MR) is 90.3 cm³/mol. The van der Waals surface area contributed by atoms with E-state index in [1.807, 2.05) is 18.2 Å². The molecule has 0 amide bonds. The summed E-state index contributed by atoms with van der Waals surface area (Å²) in [6.07, 6.45) is 5.13. The Hall–Kier alpha value is -2.03. The maximum absolute atomic E-state index is 11.6. The number of hydrogen-bond donors (Lipinski definition) is 1. The number of benzene rings is 2. The van der Waals surface area contributed by atoms with Crippen molar-refractivity contribution in [3.63, 3.8) is 0 Å². The zero-order valence-electron chi connectivity index (χ0n) is 13.3. The van der Waals surface area contributed by atoms with Crippen LogP contribution in [0.5, 0.6) is 0 Å². The molecule has 0 radical (unpaired) electrons. The lowest BCUT2D eigenvalue weighted by molar-refractivity contribution is 0.0601. The molecule has 0 aliphatic heterocycles. The van der Waals surface area contributed by atoms with Gasteiger partial charge in [-0.25, -0.2) is 4.79 Å². The summed E-state index contributed by atoms with van der Waals surface area (Å²) >= 11 is 0. The van der Waals surface area contributed by atoms with Gasteiger partial charge in [0, 0.05) is 11.7 Å². The first-order valence-electron chi connectivity index (χ1n) is 8.04. The van der Waals surface area contributed by atoms with Crippen molar-refractivity contribution in [2.75, 3.05) is 12.4 Å². The lowest BCUT2D eigenvalue weighted by Crippen LogP contribution is -2.25. The molecule has 2 aromatic rings. The third kappa shape index (κ3) is 3.24. The van der Waals surface area contributed by atoms with Gasteiger partial charge in [0.1, 0.15) is 0 Å². The van der Waals surface area contributed by atoms with Crippen LogP contribution >= 0.6 is 0 Å². The van der Waals surface area contributed by atoms with Gasteiger partial charge in [0.25, 0.3) is 0 Å². The summed E-state index contributed by atoms with van der Waals surface area (Å²) in [7, 11) is 1.41. The zero-order chi connectivity index (χ0) is 15.5. The highest BCUT2D eigenvalue weighted by atomic mass is 16.5. The van der Waals surface area contributed by atoms with Crippen molar-refractivity contribution in [3.8, 4) is 0 Å². The average Bonchev–Trinajstić information content (AvgIpc) is 2.55. The summed E-state index contributed by atoms with van der Waals surface area (Å²) in [5.74, 6) is 0.576. The van der Waals surface area contributed by atoms with Gasteiger partial charge in [0.15, 0.2) is 0 Å². The quantitative estimate of drug-likeness (QED) is 0.840. The number of hydrogen-bond acceptors (Lipinski definition) is 3. The molecule has 22 heavy (non-hydrogen) atoms. The smallest absolute Gasteiger partial charge is 0.337 e. The summed E-state index contributed by atoms with van der Waals surface area (Å²) in [6, 6.07) is 12.6. The lowest BCUT2D eigenvalue weighted by atomic mass is 9.87. The van der Waals surface area contributed by atoms with Crippen molar-refractivity contribution in [3.05, 3.63) is 42.0 Å². The van der Waals surface area contributed by atoms with Crippen LogP contribution in [-0.2, 0) is 4.74 Å². The molecule has 1 saturated carbocycles. The Balaban J connectivity index is 1.77. The van der Waals surface area contributed by atoms with Gasteiger partial charge in [0.2, 0.25) is 0 Å². The van der Waals surface area contributed by atoms with Crippen LogP contribution in [-0.4, -0.2) is 19.1 Å². The normalized spacial score (nSPS) is 21.5. The van der Waals surface area contributed by atoms with Gasteiger partial charge >= 0.3 is 5.97 Å². The van der Waals surface area contributed by atoms with E-state index in [2.05, 4.69) is 30.4 Å². The monoisotopic (exact) mass is 297 g/mol. The molecular formula is C19H23NO2. The number of carbonyl (C=O) groups excluding carboxylic acids is 1. The Morgan fingerprint density at radius 3 is 2.45 bits per heavy atom. The molecule has 3 heteroatoms. The van der Waals surface area contributed by atoms with Crippen LogP contribution in [0.25, 0.3) is 10.8 Å². The van der Waals surface area contributed by atoms with E-state index in [1.54, 1.807) is 0 Å². The molecule has 0 heterocycles. The number of esters is 1. The summed E-state index contributed by atoms with van der Waals surface area (Å²) in [5, 5.41) is 5.85. The number of methoxy groups -OCH3 is 1. The van der Waals surface area contributed by atoms with Crippen molar-refractivity contribution >= 4 is 22.4 Å². The molecule has 1 aliphatic carbocycles. The van der Waals surface area contributed by atoms with Gasteiger partial charge < -0.3 is 10.1 Å². The number of rotatable bonds is 3.